The number of benzene rings is 2. The van der Waals surface area contributed by atoms with Crippen molar-refractivity contribution in [3.63, 3.8) is 0 Å². The van der Waals surface area contributed by atoms with E-state index >= 15 is 0 Å². The van der Waals surface area contributed by atoms with Gasteiger partial charge in [-0.3, -0.25) is 9.59 Å². The Bertz CT molecular complexity index is 757. The molecule has 22 heavy (non-hydrogen) atoms. The van der Waals surface area contributed by atoms with Crippen LogP contribution in [0, 0.1) is 0 Å². The average Bonchev–Trinajstić information content (AvgIpc) is 2.55. The molecule has 2 aromatic rings. The average molecular weight is 360 g/mol. The number of anilines is 1. The van der Waals surface area contributed by atoms with Crippen LogP contribution in [-0.2, 0) is 0 Å². The quantitative estimate of drug-likeness (QED) is 0.821. The number of Topliss-reactive ketones (excluding diaryl/α,β-unsaturated/α-hetero) is 1. The molecule has 0 atom stereocenters. The summed E-state index contributed by atoms with van der Waals surface area (Å²) in [6, 6.07) is 12.5. The standard InChI is InChI=1S/C17H14BrNO3/c1-22-15-8-4-6-12-14(20)9-10-19(16(12)15)17(21)11-5-2-3-7-13(11)18/h2-8H,9-10H2,1H3. The molecular formula is C17H14BrNO3. The number of carbonyl (C=O) groups excluding carboxylic acids is 2. The van der Waals surface area contributed by atoms with E-state index in [9.17, 15) is 9.59 Å². The van der Waals surface area contributed by atoms with Gasteiger partial charge in [0.25, 0.3) is 5.91 Å². The molecule has 0 unspecified atom stereocenters. The highest BCUT2D eigenvalue weighted by molar-refractivity contribution is 9.10. The lowest BCUT2D eigenvalue weighted by Gasteiger charge is -2.30. The minimum absolute atomic E-state index is 0.0325. The van der Waals surface area contributed by atoms with E-state index in [1.165, 1.54) is 7.11 Å². The Balaban J connectivity index is 2.11. The van der Waals surface area contributed by atoms with Crippen LogP contribution in [0.1, 0.15) is 27.1 Å². The maximum Gasteiger partial charge on any atom is 0.259 e. The monoisotopic (exact) mass is 359 g/mol. The van der Waals surface area contributed by atoms with Crippen molar-refractivity contribution in [3.05, 3.63) is 58.1 Å². The maximum atomic E-state index is 12.9. The number of halogens is 1. The minimum atomic E-state index is -0.147. The van der Waals surface area contributed by atoms with E-state index in [1.54, 1.807) is 29.2 Å². The van der Waals surface area contributed by atoms with Gasteiger partial charge in [0, 0.05) is 23.0 Å². The third kappa shape index (κ3) is 2.41. The van der Waals surface area contributed by atoms with Gasteiger partial charge in [-0.2, -0.15) is 0 Å². The lowest BCUT2D eigenvalue weighted by molar-refractivity contribution is 0.0953. The molecule has 0 bridgehead atoms. The Kier molecular flexibility index (Phi) is 3.98. The van der Waals surface area contributed by atoms with Gasteiger partial charge in [-0.05, 0) is 40.2 Å². The number of hydrogen-bond acceptors (Lipinski definition) is 3. The fourth-order valence-electron chi connectivity index (χ4n) is 2.63. The van der Waals surface area contributed by atoms with Crippen LogP contribution in [0.25, 0.3) is 0 Å². The molecule has 112 valence electrons. The van der Waals surface area contributed by atoms with Crippen molar-refractivity contribution in [1.29, 1.82) is 0 Å². The minimum Gasteiger partial charge on any atom is -0.495 e. The number of hydrogen-bond donors (Lipinski definition) is 0. The molecule has 0 fully saturated rings. The summed E-state index contributed by atoms with van der Waals surface area (Å²) in [6.45, 7) is 0.354. The van der Waals surface area contributed by atoms with Crippen molar-refractivity contribution >= 4 is 33.3 Å². The first-order chi connectivity index (χ1) is 10.6. The van der Waals surface area contributed by atoms with Crippen LogP contribution in [0.4, 0.5) is 5.69 Å². The normalized spacial score (nSPS) is 13.7. The third-order valence-electron chi connectivity index (χ3n) is 3.70. The van der Waals surface area contributed by atoms with Crippen molar-refractivity contribution in [2.24, 2.45) is 0 Å². The molecule has 1 aliphatic heterocycles. The van der Waals surface area contributed by atoms with E-state index in [0.717, 1.165) is 4.47 Å². The molecular weight excluding hydrogens is 346 g/mol. The highest BCUT2D eigenvalue weighted by Crippen LogP contribution is 2.37. The van der Waals surface area contributed by atoms with Crippen LogP contribution in [0.15, 0.2) is 46.9 Å². The molecule has 5 heteroatoms. The molecule has 0 aromatic heterocycles. The predicted octanol–water partition coefficient (Wildman–Crippen LogP) is 3.69. The molecule has 0 N–H and O–H groups in total. The van der Waals surface area contributed by atoms with Crippen molar-refractivity contribution in [2.75, 3.05) is 18.6 Å². The van der Waals surface area contributed by atoms with Gasteiger partial charge in [-0.15, -0.1) is 0 Å². The lowest BCUT2D eigenvalue weighted by Crippen LogP contribution is -2.37. The number of para-hydroxylation sites is 1. The second-order valence-corrected chi connectivity index (χ2v) is 5.82. The summed E-state index contributed by atoms with van der Waals surface area (Å²) in [6.07, 6.45) is 0.316. The van der Waals surface area contributed by atoms with Crippen molar-refractivity contribution < 1.29 is 14.3 Å². The van der Waals surface area contributed by atoms with Crippen LogP contribution in [0.2, 0.25) is 0 Å². The van der Waals surface area contributed by atoms with E-state index in [0.29, 0.717) is 35.5 Å². The number of ketones is 1. The number of carbonyl (C=O) groups is 2. The molecule has 3 rings (SSSR count). The molecule has 0 spiro atoms. The van der Waals surface area contributed by atoms with Gasteiger partial charge in [0.15, 0.2) is 5.78 Å². The van der Waals surface area contributed by atoms with E-state index in [4.69, 9.17) is 4.74 Å². The van der Waals surface area contributed by atoms with Gasteiger partial charge < -0.3 is 9.64 Å². The van der Waals surface area contributed by atoms with E-state index < -0.39 is 0 Å². The predicted molar refractivity (Wildman–Crippen MR) is 87.8 cm³/mol. The van der Waals surface area contributed by atoms with Crippen LogP contribution in [-0.4, -0.2) is 25.3 Å². The number of amides is 1. The summed E-state index contributed by atoms with van der Waals surface area (Å²) in [7, 11) is 1.54. The van der Waals surface area contributed by atoms with Gasteiger partial charge in [-0.1, -0.05) is 18.2 Å². The van der Waals surface area contributed by atoms with Crippen molar-refractivity contribution in [3.8, 4) is 5.75 Å². The third-order valence-corrected chi connectivity index (χ3v) is 4.39. The lowest BCUT2D eigenvalue weighted by atomic mass is 9.98. The Morgan fingerprint density at radius 2 is 1.95 bits per heavy atom. The highest BCUT2D eigenvalue weighted by Gasteiger charge is 2.31. The topological polar surface area (TPSA) is 46.6 Å². The summed E-state index contributed by atoms with van der Waals surface area (Å²) in [5, 5.41) is 0. The van der Waals surface area contributed by atoms with Gasteiger partial charge >= 0.3 is 0 Å². The van der Waals surface area contributed by atoms with E-state index in [2.05, 4.69) is 15.9 Å². The fourth-order valence-corrected chi connectivity index (χ4v) is 3.09. The Labute approximate surface area is 136 Å². The summed E-state index contributed by atoms with van der Waals surface area (Å²) in [5.41, 5.74) is 1.65. The number of nitrogens with zero attached hydrogens (tertiary/aromatic N) is 1. The zero-order valence-corrected chi connectivity index (χ0v) is 13.6. The second-order valence-electron chi connectivity index (χ2n) is 4.97. The molecule has 2 aromatic carbocycles. The molecule has 1 amide bonds. The Morgan fingerprint density at radius 3 is 2.68 bits per heavy atom. The highest BCUT2D eigenvalue weighted by atomic mass is 79.9. The summed E-state index contributed by atoms with van der Waals surface area (Å²) >= 11 is 3.41. The maximum absolute atomic E-state index is 12.9. The van der Waals surface area contributed by atoms with Crippen LogP contribution < -0.4 is 9.64 Å². The zero-order chi connectivity index (χ0) is 15.7. The molecule has 1 aliphatic rings. The second kappa shape index (κ2) is 5.93. The van der Waals surface area contributed by atoms with Crippen LogP contribution in [0.5, 0.6) is 5.75 Å². The van der Waals surface area contributed by atoms with Crippen LogP contribution in [0.3, 0.4) is 0 Å². The smallest absolute Gasteiger partial charge is 0.259 e. The van der Waals surface area contributed by atoms with Gasteiger partial charge in [0.1, 0.15) is 5.75 Å². The largest absolute Gasteiger partial charge is 0.495 e. The van der Waals surface area contributed by atoms with Crippen molar-refractivity contribution in [2.45, 2.75) is 6.42 Å². The van der Waals surface area contributed by atoms with E-state index in [-0.39, 0.29) is 11.7 Å². The van der Waals surface area contributed by atoms with Gasteiger partial charge in [0.05, 0.1) is 18.4 Å². The molecule has 1 heterocycles. The number of ether oxygens (including phenoxy) is 1. The van der Waals surface area contributed by atoms with Crippen molar-refractivity contribution in [1.82, 2.24) is 0 Å². The fraction of sp³-hybridized carbons (Fsp3) is 0.176. The summed E-state index contributed by atoms with van der Waals surface area (Å²) in [4.78, 5) is 26.6. The summed E-state index contributed by atoms with van der Waals surface area (Å²) in [5.74, 6) is 0.418. The first-order valence-corrected chi connectivity index (χ1v) is 7.69. The Morgan fingerprint density at radius 1 is 1.18 bits per heavy atom. The molecule has 0 saturated carbocycles. The first-order valence-electron chi connectivity index (χ1n) is 6.90. The number of fused-ring (bicyclic) bond motifs is 1. The van der Waals surface area contributed by atoms with Crippen LogP contribution >= 0.6 is 15.9 Å². The van der Waals surface area contributed by atoms with Gasteiger partial charge in [-0.25, -0.2) is 0 Å². The zero-order valence-electron chi connectivity index (χ0n) is 12.0. The molecule has 4 nitrogen and oxygen atoms in total. The SMILES string of the molecule is COc1cccc2c1N(C(=O)c1ccccc1Br)CCC2=O. The Hall–Kier alpha value is -2.14. The molecule has 0 radical (unpaired) electrons. The number of methoxy groups -OCH3 is 1. The molecule has 0 aliphatic carbocycles. The number of rotatable bonds is 2. The first kappa shape index (κ1) is 14.8. The summed E-state index contributed by atoms with van der Waals surface area (Å²) < 4.78 is 6.08. The van der Waals surface area contributed by atoms with E-state index in [1.807, 2.05) is 18.2 Å². The molecule has 0 saturated heterocycles. The van der Waals surface area contributed by atoms with Gasteiger partial charge in [0.2, 0.25) is 0 Å².